The van der Waals surface area contributed by atoms with Crippen LogP contribution in [-0.4, -0.2) is 26.8 Å². The first-order valence-electron chi connectivity index (χ1n) is 7.60. The number of rotatable bonds is 3. The van der Waals surface area contributed by atoms with Crippen molar-refractivity contribution in [2.75, 3.05) is 11.9 Å². The fraction of sp³-hybridized carbons (Fsp3) is 0.353. The molecule has 0 aliphatic heterocycles. The van der Waals surface area contributed by atoms with Crippen LogP contribution in [0.3, 0.4) is 0 Å². The van der Waals surface area contributed by atoms with E-state index in [0.29, 0.717) is 17.0 Å². The van der Waals surface area contributed by atoms with Gasteiger partial charge in [-0.1, -0.05) is 23.8 Å². The first kappa shape index (κ1) is 15.3. The summed E-state index contributed by atoms with van der Waals surface area (Å²) in [5, 5.41) is 4.60. The van der Waals surface area contributed by atoms with Crippen molar-refractivity contribution in [1.29, 1.82) is 0 Å². The first-order valence-corrected chi connectivity index (χ1v) is 7.60. The average molecular weight is 311 g/mol. The van der Waals surface area contributed by atoms with E-state index in [1.54, 1.807) is 17.9 Å². The molecule has 0 spiro atoms. The Bertz CT molecular complexity index is 924. The molecule has 0 fully saturated rings. The Morgan fingerprint density at radius 3 is 2.74 bits per heavy atom. The molecule has 0 bridgehead atoms. The molecule has 1 aromatic carbocycles. The Morgan fingerprint density at radius 1 is 1.30 bits per heavy atom. The normalized spacial score (nSPS) is 12.6. The predicted octanol–water partition coefficient (Wildman–Crippen LogP) is 2.47. The summed E-state index contributed by atoms with van der Waals surface area (Å²) < 4.78 is 1.61. The number of anilines is 1. The van der Waals surface area contributed by atoms with E-state index in [4.69, 9.17) is 0 Å². The molecule has 0 saturated heterocycles. The van der Waals surface area contributed by atoms with E-state index in [-0.39, 0.29) is 11.6 Å². The van der Waals surface area contributed by atoms with Crippen molar-refractivity contribution in [3.63, 3.8) is 0 Å². The van der Waals surface area contributed by atoms with Gasteiger partial charge in [0.2, 0.25) is 5.95 Å². The second-order valence-electron chi connectivity index (χ2n) is 6.04. The van der Waals surface area contributed by atoms with Crippen LogP contribution in [0.5, 0.6) is 0 Å². The molecule has 120 valence electrons. The van der Waals surface area contributed by atoms with Gasteiger partial charge >= 0.3 is 0 Å². The van der Waals surface area contributed by atoms with Crippen molar-refractivity contribution in [3.05, 3.63) is 51.4 Å². The van der Waals surface area contributed by atoms with Gasteiger partial charge in [-0.2, -0.15) is 10.1 Å². The molecule has 0 saturated carbocycles. The SMILES string of the molecule is Cc1ccc(C(C)N(C)c2nc3c(cnn3C)c(=O)[nH]2)c(C)c1. The molecule has 3 aromatic rings. The Hall–Kier alpha value is -2.63. The highest BCUT2D eigenvalue weighted by Gasteiger charge is 2.18. The molecule has 0 aliphatic carbocycles. The Labute approximate surface area is 134 Å². The van der Waals surface area contributed by atoms with E-state index in [9.17, 15) is 4.79 Å². The molecule has 0 amide bonds. The third-order valence-corrected chi connectivity index (χ3v) is 4.38. The van der Waals surface area contributed by atoms with Crippen LogP contribution in [0.15, 0.2) is 29.2 Å². The van der Waals surface area contributed by atoms with Crippen LogP contribution >= 0.6 is 0 Å². The minimum Gasteiger partial charge on any atom is -0.339 e. The van der Waals surface area contributed by atoms with Gasteiger partial charge < -0.3 is 4.90 Å². The maximum absolute atomic E-state index is 12.2. The zero-order valence-corrected chi connectivity index (χ0v) is 14.1. The van der Waals surface area contributed by atoms with Crippen molar-refractivity contribution in [2.45, 2.75) is 26.8 Å². The fourth-order valence-electron chi connectivity index (χ4n) is 2.87. The number of aromatic nitrogens is 4. The quantitative estimate of drug-likeness (QED) is 0.807. The van der Waals surface area contributed by atoms with Gasteiger partial charge in [0.25, 0.3) is 5.56 Å². The second kappa shape index (κ2) is 5.53. The molecule has 6 heteroatoms. The Kier molecular flexibility index (Phi) is 3.67. The minimum absolute atomic E-state index is 0.0874. The number of hydrogen-bond acceptors (Lipinski definition) is 4. The van der Waals surface area contributed by atoms with Gasteiger partial charge in [0.15, 0.2) is 5.65 Å². The maximum Gasteiger partial charge on any atom is 0.263 e. The van der Waals surface area contributed by atoms with Crippen LogP contribution in [0.4, 0.5) is 5.95 Å². The summed E-state index contributed by atoms with van der Waals surface area (Å²) >= 11 is 0. The lowest BCUT2D eigenvalue weighted by Crippen LogP contribution is -2.27. The molecule has 1 N–H and O–H groups in total. The standard InChI is InChI=1S/C17H21N5O/c1-10-6-7-13(11(2)8-10)12(3)21(4)17-19-15-14(16(23)20-17)9-18-22(15)5/h6-9,12H,1-5H3,(H,19,20,23). The monoisotopic (exact) mass is 311 g/mol. The number of hydrogen-bond donors (Lipinski definition) is 1. The highest BCUT2D eigenvalue weighted by Crippen LogP contribution is 2.26. The van der Waals surface area contributed by atoms with Gasteiger partial charge in [-0.05, 0) is 31.9 Å². The Balaban J connectivity index is 2.03. The van der Waals surface area contributed by atoms with Gasteiger partial charge in [-0.3, -0.25) is 14.5 Å². The molecule has 0 radical (unpaired) electrons. The summed E-state index contributed by atoms with van der Waals surface area (Å²) in [6.45, 7) is 6.29. The van der Waals surface area contributed by atoms with Gasteiger partial charge in [0, 0.05) is 14.1 Å². The molecule has 1 unspecified atom stereocenters. The minimum atomic E-state index is -0.169. The molecule has 23 heavy (non-hydrogen) atoms. The van der Waals surface area contributed by atoms with Gasteiger partial charge in [-0.15, -0.1) is 0 Å². The van der Waals surface area contributed by atoms with Crippen LogP contribution in [0, 0.1) is 13.8 Å². The fourth-order valence-corrected chi connectivity index (χ4v) is 2.87. The predicted molar refractivity (Wildman–Crippen MR) is 91.9 cm³/mol. The van der Waals surface area contributed by atoms with E-state index in [1.807, 2.05) is 11.9 Å². The summed E-state index contributed by atoms with van der Waals surface area (Å²) in [6, 6.07) is 6.49. The first-order chi connectivity index (χ1) is 10.9. The number of benzene rings is 1. The van der Waals surface area contributed by atoms with E-state index >= 15 is 0 Å². The topological polar surface area (TPSA) is 66.8 Å². The highest BCUT2D eigenvalue weighted by molar-refractivity contribution is 5.74. The molecule has 3 rings (SSSR count). The summed E-state index contributed by atoms with van der Waals surface area (Å²) in [5.41, 5.74) is 4.10. The van der Waals surface area contributed by atoms with Crippen molar-refractivity contribution < 1.29 is 0 Å². The van der Waals surface area contributed by atoms with E-state index in [1.165, 1.54) is 16.7 Å². The van der Waals surface area contributed by atoms with Crippen LogP contribution in [-0.2, 0) is 7.05 Å². The molecular weight excluding hydrogens is 290 g/mol. The van der Waals surface area contributed by atoms with Crippen LogP contribution in [0.2, 0.25) is 0 Å². The van der Waals surface area contributed by atoms with Gasteiger partial charge in [-0.25, -0.2) is 0 Å². The van der Waals surface area contributed by atoms with Crippen LogP contribution < -0.4 is 10.5 Å². The lowest BCUT2D eigenvalue weighted by Gasteiger charge is -2.27. The third-order valence-electron chi connectivity index (χ3n) is 4.38. The second-order valence-corrected chi connectivity index (χ2v) is 6.04. The van der Waals surface area contributed by atoms with Crippen LogP contribution in [0.1, 0.15) is 29.7 Å². The van der Waals surface area contributed by atoms with E-state index in [0.717, 1.165) is 0 Å². The number of aromatic amines is 1. The highest BCUT2D eigenvalue weighted by atomic mass is 16.1. The molecule has 1 atom stereocenters. The van der Waals surface area contributed by atoms with Crippen molar-refractivity contribution in [1.82, 2.24) is 19.7 Å². The number of H-pyrrole nitrogens is 1. The molecule has 6 nitrogen and oxygen atoms in total. The smallest absolute Gasteiger partial charge is 0.263 e. The Morgan fingerprint density at radius 2 is 2.04 bits per heavy atom. The molecule has 2 aromatic heterocycles. The largest absolute Gasteiger partial charge is 0.339 e. The summed E-state index contributed by atoms with van der Waals surface area (Å²) in [5.74, 6) is 0.540. The summed E-state index contributed by atoms with van der Waals surface area (Å²) in [7, 11) is 3.72. The zero-order chi connectivity index (χ0) is 16.7. The number of nitrogens with one attached hydrogen (secondary N) is 1. The average Bonchev–Trinajstić information content (AvgIpc) is 2.88. The summed E-state index contributed by atoms with van der Waals surface area (Å²) in [4.78, 5) is 21.6. The third kappa shape index (κ3) is 2.60. The van der Waals surface area contributed by atoms with Crippen molar-refractivity contribution >= 4 is 17.0 Å². The maximum atomic E-state index is 12.2. The number of aryl methyl sites for hydroxylation is 3. The van der Waals surface area contributed by atoms with E-state index < -0.39 is 0 Å². The summed E-state index contributed by atoms with van der Waals surface area (Å²) in [6.07, 6.45) is 1.54. The van der Waals surface area contributed by atoms with E-state index in [2.05, 4.69) is 54.0 Å². The van der Waals surface area contributed by atoms with Gasteiger partial charge in [0.1, 0.15) is 5.39 Å². The lowest BCUT2D eigenvalue weighted by molar-refractivity contribution is 0.707. The van der Waals surface area contributed by atoms with Crippen LogP contribution in [0.25, 0.3) is 11.0 Å². The van der Waals surface area contributed by atoms with Crippen molar-refractivity contribution in [2.24, 2.45) is 7.05 Å². The number of nitrogens with zero attached hydrogens (tertiary/aromatic N) is 4. The zero-order valence-electron chi connectivity index (χ0n) is 14.1. The molecular formula is C17H21N5O. The van der Waals surface area contributed by atoms with Crippen molar-refractivity contribution in [3.8, 4) is 0 Å². The molecule has 2 heterocycles. The molecule has 0 aliphatic rings. The number of fused-ring (bicyclic) bond motifs is 1. The lowest BCUT2D eigenvalue weighted by atomic mass is 10.00. The van der Waals surface area contributed by atoms with Gasteiger partial charge in [0.05, 0.1) is 12.2 Å².